The number of benzene rings is 1. The number of ether oxygens (including phenoxy) is 3. The normalized spacial score (nSPS) is 13.3. The predicted molar refractivity (Wildman–Crippen MR) is 135 cm³/mol. The van der Waals surface area contributed by atoms with Crippen molar-refractivity contribution in [2.24, 2.45) is 0 Å². The zero-order chi connectivity index (χ0) is 24.9. The minimum Gasteiger partial charge on any atom is -0.472 e. The second kappa shape index (κ2) is 10.6. The van der Waals surface area contributed by atoms with Crippen LogP contribution in [-0.4, -0.2) is 44.4 Å². The lowest BCUT2D eigenvalue weighted by molar-refractivity contribution is 0.0606. The molecule has 8 nitrogen and oxygen atoms in total. The van der Waals surface area contributed by atoms with E-state index in [-0.39, 0.29) is 12.5 Å². The molecule has 0 bridgehead atoms. The van der Waals surface area contributed by atoms with Crippen LogP contribution in [0.3, 0.4) is 0 Å². The summed E-state index contributed by atoms with van der Waals surface area (Å²) >= 11 is 1.28. The van der Waals surface area contributed by atoms with Crippen LogP contribution in [0, 0.1) is 11.3 Å². The van der Waals surface area contributed by atoms with Crippen molar-refractivity contribution in [2.45, 2.75) is 6.61 Å². The van der Waals surface area contributed by atoms with Crippen LogP contribution < -0.4 is 9.64 Å². The van der Waals surface area contributed by atoms with Gasteiger partial charge in [-0.15, -0.1) is 11.3 Å². The largest absolute Gasteiger partial charge is 0.472 e. The van der Waals surface area contributed by atoms with E-state index in [4.69, 9.17) is 23.6 Å². The third-order valence-corrected chi connectivity index (χ3v) is 6.84. The Morgan fingerprint density at radius 3 is 2.67 bits per heavy atom. The SMILES string of the molecule is COC(=O)c1cc(COc2nc(-c3ccc(N4CCOCC4)cc3)cc(-c3ccoc3)c2C#N)cs1. The number of aromatic nitrogens is 1. The molecule has 4 aromatic rings. The maximum absolute atomic E-state index is 11.8. The maximum Gasteiger partial charge on any atom is 0.348 e. The summed E-state index contributed by atoms with van der Waals surface area (Å²) in [6.45, 7) is 3.31. The number of methoxy groups -OCH3 is 1. The van der Waals surface area contributed by atoms with Crippen molar-refractivity contribution in [1.82, 2.24) is 4.98 Å². The number of hydrogen-bond donors (Lipinski definition) is 0. The van der Waals surface area contributed by atoms with Gasteiger partial charge in [0.2, 0.25) is 5.88 Å². The Balaban J connectivity index is 1.47. The highest BCUT2D eigenvalue weighted by atomic mass is 32.1. The first-order valence-electron chi connectivity index (χ1n) is 11.4. The lowest BCUT2D eigenvalue weighted by atomic mass is 10.0. The molecule has 0 radical (unpaired) electrons. The molecule has 0 saturated carbocycles. The Labute approximate surface area is 212 Å². The summed E-state index contributed by atoms with van der Waals surface area (Å²) in [6, 6.07) is 15.8. The number of nitriles is 1. The quantitative estimate of drug-likeness (QED) is 0.321. The lowest BCUT2D eigenvalue weighted by Crippen LogP contribution is -2.36. The molecule has 36 heavy (non-hydrogen) atoms. The molecule has 0 atom stereocenters. The molecular formula is C27H23N3O5S. The summed E-state index contributed by atoms with van der Waals surface area (Å²) in [4.78, 5) is 19.3. The Bertz CT molecular complexity index is 1380. The fourth-order valence-electron chi connectivity index (χ4n) is 4.00. The van der Waals surface area contributed by atoms with Crippen molar-refractivity contribution in [1.29, 1.82) is 5.26 Å². The van der Waals surface area contributed by atoms with E-state index in [1.807, 2.05) is 23.6 Å². The average molecular weight is 502 g/mol. The molecule has 182 valence electrons. The molecule has 1 aliphatic heterocycles. The number of carbonyl (C=O) groups excluding carboxylic acids is 1. The first-order valence-corrected chi connectivity index (χ1v) is 12.2. The van der Waals surface area contributed by atoms with E-state index in [0.717, 1.165) is 48.7 Å². The van der Waals surface area contributed by atoms with Gasteiger partial charge in [0, 0.05) is 41.0 Å². The van der Waals surface area contributed by atoms with Crippen molar-refractivity contribution in [3.8, 4) is 34.3 Å². The van der Waals surface area contributed by atoms with E-state index in [1.165, 1.54) is 18.4 Å². The second-order valence-electron chi connectivity index (χ2n) is 8.10. The van der Waals surface area contributed by atoms with E-state index < -0.39 is 5.97 Å². The minimum absolute atomic E-state index is 0.152. The van der Waals surface area contributed by atoms with Crippen molar-refractivity contribution >= 4 is 23.0 Å². The number of anilines is 1. The number of furan rings is 1. The second-order valence-corrected chi connectivity index (χ2v) is 9.02. The summed E-state index contributed by atoms with van der Waals surface area (Å²) in [5.74, 6) is -0.180. The highest BCUT2D eigenvalue weighted by Gasteiger charge is 2.19. The van der Waals surface area contributed by atoms with Crippen LogP contribution in [0.25, 0.3) is 22.4 Å². The molecule has 0 aliphatic carbocycles. The van der Waals surface area contributed by atoms with Crippen LogP contribution in [-0.2, 0) is 16.1 Å². The van der Waals surface area contributed by atoms with Gasteiger partial charge in [-0.25, -0.2) is 9.78 Å². The van der Waals surface area contributed by atoms with Crippen molar-refractivity contribution in [3.63, 3.8) is 0 Å². The van der Waals surface area contributed by atoms with Gasteiger partial charge in [0.1, 0.15) is 23.1 Å². The molecule has 1 saturated heterocycles. The summed E-state index contributed by atoms with van der Waals surface area (Å²) in [5, 5.41) is 11.8. The number of morpholine rings is 1. The van der Waals surface area contributed by atoms with Crippen LogP contribution in [0.5, 0.6) is 5.88 Å². The highest BCUT2D eigenvalue weighted by molar-refractivity contribution is 7.12. The third kappa shape index (κ3) is 4.96. The molecule has 1 fully saturated rings. The van der Waals surface area contributed by atoms with Gasteiger partial charge < -0.3 is 23.5 Å². The minimum atomic E-state index is -0.396. The molecule has 3 aromatic heterocycles. The van der Waals surface area contributed by atoms with Crippen molar-refractivity contribution < 1.29 is 23.4 Å². The molecule has 9 heteroatoms. The topological polar surface area (TPSA) is 97.8 Å². The number of pyridine rings is 1. The van der Waals surface area contributed by atoms with E-state index in [2.05, 4.69) is 23.1 Å². The number of rotatable bonds is 7. The summed E-state index contributed by atoms with van der Waals surface area (Å²) in [5.41, 5.74) is 5.23. The smallest absolute Gasteiger partial charge is 0.348 e. The van der Waals surface area contributed by atoms with Crippen LogP contribution in [0.2, 0.25) is 0 Å². The Morgan fingerprint density at radius 1 is 1.17 bits per heavy atom. The van der Waals surface area contributed by atoms with Gasteiger partial charge in [-0.2, -0.15) is 5.26 Å². The van der Waals surface area contributed by atoms with Gasteiger partial charge in [0.05, 0.1) is 38.5 Å². The zero-order valence-electron chi connectivity index (χ0n) is 19.6. The maximum atomic E-state index is 11.8. The van der Waals surface area contributed by atoms with Gasteiger partial charge >= 0.3 is 5.97 Å². The summed E-state index contributed by atoms with van der Waals surface area (Å²) in [7, 11) is 1.34. The molecular weight excluding hydrogens is 478 g/mol. The first-order chi connectivity index (χ1) is 17.7. The van der Waals surface area contributed by atoms with Gasteiger partial charge in [0.15, 0.2) is 0 Å². The average Bonchev–Trinajstić information content (AvgIpc) is 3.64. The summed E-state index contributed by atoms with van der Waals surface area (Å²) < 4.78 is 21.5. The Kier molecular flexibility index (Phi) is 6.98. The van der Waals surface area contributed by atoms with Gasteiger partial charge in [-0.1, -0.05) is 12.1 Å². The highest BCUT2D eigenvalue weighted by Crippen LogP contribution is 2.35. The van der Waals surface area contributed by atoms with E-state index in [1.54, 1.807) is 24.7 Å². The number of hydrogen-bond acceptors (Lipinski definition) is 9. The molecule has 0 spiro atoms. The standard InChI is InChI=1S/C27H23N3O5S/c1-32-27(31)25-12-18(17-36-25)15-35-26-23(14-28)22(20-6-9-34-16-20)13-24(29-26)19-2-4-21(5-3-19)30-7-10-33-11-8-30/h2-6,9,12-13,16-17H,7-8,10-11,15H2,1H3. The van der Waals surface area contributed by atoms with Crippen molar-refractivity contribution in [2.75, 3.05) is 38.3 Å². The molecule has 0 amide bonds. The molecule has 1 aromatic carbocycles. The number of nitrogens with zero attached hydrogens (tertiary/aromatic N) is 3. The fourth-order valence-corrected chi connectivity index (χ4v) is 4.82. The van der Waals surface area contributed by atoms with Gasteiger partial charge in [-0.05, 0) is 35.7 Å². The van der Waals surface area contributed by atoms with Crippen LogP contribution >= 0.6 is 11.3 Å². The molecule has 0 N–H and O–H groups in total. The van der Waals surface area contributed by atoms with E-state index in [9.17, 15) is 10.1 Å². The fraction of sp³-hybridized carbons (Fsp3) is 0.222. The van der Waals surface area contributed by atoms with Crippen LogP contribution in [0.4, 0.5) is 5.69 Å². The number of thiophene rings is 1. The Morgan fingerprint density at radius 2 is 1.97 bits per heavy atom. The first kappa shape index (κ1) is 23.6. The molecule has 0 unspecified atom stereocenters. The number of esters is 1. The van der Waals surface area contributed by atoms with Gasteiger partial charge in [0.25, 0.3) is 0 Å². The Hall–Kier alpha value is -4.13. The van der Waals surface area contributed by atoms with Crippen LogP contribution in [0.15, 0.2) is 64.8 Å². The zero-order valence-corrected chi connectivity index (χ0v) is 20.4. The number of carbonyl (C=O) groups is 1. The molecule has 4 heterocycles. The molecule has 5 rings (SSSR count). The molecule has 1 aliphatic rings. The van der Waals surface area contributed by atoms with Crippen LogP contribution in [0.1, 0.15) is 20.8 Å². The monoisotopic (exact) mass is 501 g/mol. The lowest BCUT2D eigenvalue weighted by Gasteiger charge is -2.28. The van der Waals surface area contributed by atoms with Crippen molar-refractivity contribution in [3.05, 3.63) is 76.4 Å². The predicted octanol–water partition coefficient (Wildman–Crippen LogP) is 5.14. The summed E-state index contributed by atoms with van der Waals surface area (Å²) in [6.07, 6.45) is 3.15. The third-order valence-electron chi connectivity index (χ3n) is 5.89. The van der Waals surface area contributed by atoms with E-state index in [0.29, 0.717) is 21.7 Å². The van der Waals surface area contributed by atoms with Gasteiger partial charge in [-0.3, -0.25) is 0 Å². The van der Waals surface area contributed by atoms with E-state index >= 15 is 0 Å².